The van der Waals surface area contributed by atoms with Crippen LogP contribution in [-0.4, -0.2) is 24.8 Å². The summed E-state index contributed by atoms with van der Waals surface area (Å²) in [6.07, 6.45) is 0.797. The van der Waals surface area contributed by atoms with Gasteiger partial charge >= 0.3 is 11.9 Å². The predicted molar refractivity (Wildman–Crippen MR) is 67.9 cm³/mol. The lowest BCUT2D eigenvalue weighted by molar-refractivity contribution is -0.140. The summed E-state index contributed by atoms with van der Waals surface area (Å²) in [4.78, 5) is 33.8. The highest BCUT2D eigenvalue weighted by molar-refractivity contribution is 5.99. The van der Waals surface area contributed by atoms with E-state index in [9.17, 15) is 14.4 Å². The number of rotatable bonds is 6. The molecule has 0 spiro atoms. The van der Waals surface area contributed by atoms with Crippen LogP contribution < -0.4 is 4.74 Å². The molecular weight excluding hydrogens is 248 g/mol. The maximum absolute atomic E-state index is 12.0. The fourth-order valence-corrected chi connectivity index (χ4v) is 1.57. The topological polar surface area (TPSA) is 69.7 Å². The number of carbonyl (C=O) groups is 3. The zero-order chi connectivity index (χ0) is 14.3. The van der Waals surface area contributed by atoms with E-state index in [4.69, 9.17) is 4.74 Å². The summed E-state index contributed by atoms with van der Waals surface area (Å²) in [5.41, 5.74) is 0.350. The maximum Gasteiger partial charge on any atom is 0.308 e. The molecule has 0 saturated heterocycles. The number of carbonyl (C=O) groups excluding carboxylic acids is 3. The van der Waals surface area contributed by atoms with Crippen LogP contribution in [0, 0.1) is 0 Å². The van der Waals surface area contributed by atoms with Gasteiger partial charge in [0.2, 0.25) is 0 Å². The number of hydrogen-bond acceptors (Lipinski definition) is 5. The molecule has 1 rings (SSSR count). The van der Waals surface area contributed by atoms with Gasteiger partial charge in [-0.25, -0.2) is 0 Å². The second kappa shape index (κ2) is 7.31. The van der Waals surface area contributed by atoms with E-state index in [0.717, 1.165) is 0 Å². The van der Waals surface area contributed by atoms with Crippen LogP contribution in [0.4, 0.5) is 0 Å². The number of ketones is 1. The molecule has 0 fully saturated rings. The predicted octanol–water partition coefficient (Wildman–Crippen LogP) is 2.14. The van der Waals surface area contributed by atoms with Gasteiger partial charge in [0, 0.05) is 19.8 Å². The van der Waals surface area contributed by atoms with Crippen molar-refractivity contribution in [3.05, 3.63) is 29.8 Å². The SMILES string of the molecule is COC(=O)CCCC(=O)c1ccccc1OC(C)=O. The Hall–Kier alpha value is -2.17. The molecule has 0 radical (unpaired) electrons. The molecule has 0 N–H and O–H groups in total. The molecule has 0 aliphatic rings. The Morgan fingerprint density at radius 3 is 2.42 bits per heavy atom. The van der Waals surface area contributed by atoms with Crippen molar-refractivity contribution in [3.63, 3.8) is 0 Å². The Kier molecular flexibility index (Phi) is 5.73. The minimum atomic E-state index is -0.477. The lowest BCUT2D eigenvalue weighted by Gasteiger charge is -2.07. The smallest absolute Gasteiger partial charge is 0.308 e. The van der Waals surface area contributed by atoms with E-state index >= 15 is 0 Å². The summed E-state index contributed by atoms with van der Waals surface area (Å²) < 4.78 is 9.46. The summed E-state index contributed by atoms with van der Waals surface area (Å²) in [7, 11) is 1.31. The molecule has 5 nitrogen and oxygen atoms in total. The molecule has 0 atom stereocenters. The lowest BCUT2D eigenvalue weighted by atomic mass is 10.0. The molecular formula is C14H16O5. The van der Waals surface area contributed by atoms with Crippen LogP contribution in [0.15, 0.2) is 24.3 Å². The number of Topliss-reactive ketones (excluding diaryl/α,β-unsaturated/α-hetero) is 1. The lowest BCUT2D eigenvalue weighted by Crippen LogP contribution is -2.08. The zero-order valence-corrected chi connectivity index (χ0v) is 11.0. The third-order valence-electron chi connectivity index (χ3n) is 2.45. The van der Waals surface area contributed by atoms with Crippen LogP contribution in [0.2, 0.25) is 0 Å². The summed E-state index contributed by atoms with van der Waals surface area (Å²) in [6, 6.07) is 6.54. The van der Waals surface area contributed by atoms with Gasteiger partial charge in [0.25, 0.3) is 0 Å². The highest BCUT2D eigenvalue weighted by Gasteiger charge is 2.13. The molecule has 0 bridgehead atoms. The van der Waals surface area contributed by atoms with Crippen molar-refractivity contribution in [2.75, 3.05) is 7.11 Å². The molecule has 0 aromatic heterocycles. The van der Waals surface area contributed by atoms with E-state index in [0.29, 0.717) is 12.0 Å². The van der Waals surface area contributed by atoms with Crippen molar-refractivity contribution in [2.45, 2.75) is 26.2 Å². The van der Waals surface area contributed by atoms with Crippen LogP contribution in [0.5, 0.6) is 5.75 Å². The number of esters is 2. The molecule has 0 aliphatic carbocycles. The molecule has 0 amide bonds. The molecule has 0 heterocycles. The van der Waals surface area contributed by atoms with Crippen molar-refractivity contribution in [1.82, 2.24) is 0 Å². The minimum Gasteiger partial charge on any atom is -0.469 e. The van der Waals surface area contributed by atoms with E-state index in [1.165, 1.54) is 14.0 Å². The van der Waals surface area contributed by atoms with Gasteiger partial charge in [0.1, 0.15) is 5.75 Å². The van der Waals surface area contributed by atoms with Crippen molar-refractivity contribution in [2.24, 2.45) is 0 Å². The first-order valence-corrected chi connectivity index (χ1v) is 5.92. The second-order valence-corrected chi connectivity index (χ2v) is 3.94. The van der Waals surface area contributed by atoms with Gasteiger partial charge in [-0.15, -0.1) is 0 Å². The second-order valence-electron chi connectivity index (χ2n) is 3.94. The largest absolute Gasteiger partial charge is 0.469 e. The van der Waals surface area contributed by atoms with Gasteiger partial charge < -0.3 is 9.47 Å². The Morgan fingerprint density at radius 1 is 1.11 bits per heavy atom. The Morgan fingerprint density at radius 2 is 1.79 bits per heavy atom. The Labute approximate surface area is 111 Å². The molecule has 102 valence electrons. The first-order valence-electron chi connectivity index (χ1n) is 5.92. The summed E-state index contributed by atoms with van der Waals surface area (Å²) in [6.45, 7) is 1.28. The van der Waals surface area contributed by atoms with E-state index < -0.39 is 5.97 Å². The summed E-state index contributed by atoms with van der Waals surface area (Å²) >= 11 is 0. The molecule has 1 aromatic carbocycles. The summed E-state index contributed by atoms with van der Waals surface area (Å²) in [5, 5.41) is 0. The van der Waals surface area contributed by atoms with Crippen LogP contribution >= 0.6 is 0 Å². The van der Waals surface area contributed by atoms with E-state index in [1.807, 2.05) is 0 Å². The van der Waals surface area contributed by atoms with Crippen LogP contribution in [-0.2, 0) is 14.3 Å². The number of hydrogen-bond donors (Lipinski definition) is 0. The number of para-hydroxylation sites is 1. The summed E-state index contributed by atoms with van der Waals surface area (Å²) in [5.74, 6) is -0.741. The Bertz CT molecular complexity index is 478. The average Bonchev–Trinajstić information content (AvgIpc) is 2.38. The number of methoxy groups -OCH3 is 1. The van der Waals surface area contributed by atoms with Crippen molar-refractivity contribution >= 4 is 17.7 Å². The van der Waals surface area contributed by atoms with E-state index in [-0.39, 0.29) is 30.3 Å². The highest BCUT2D eigenvalue weighted by atomic mass is 16.5. The number of benzene rings is 1. The van der Waals surface area contributed by atoms with Gasteiger partial charge in [0.15, 0.2) is 5.78 Å². The molecule has 0 unspecified atom stereocenters. The van der Waals surface area contributed by atoms with Crippen LogP contribution in [0.25, 0.3) is 0 Å². The van der Waals surface area contributed by atoms with Gasteiger partial charge in [-0.05, 0) is 18.6 Å². The number of ether oxygens (including phenoxy) is 2. The molecule has 5 heteroatoms. The highest BCUT2D eigenvalue weighted by Crippen LogP contribution is 2.20. The van der Waals surface area contributed by atoms with Crippen LogP contribution in [0.3, 0.4) is 0 Å². The van der Waals surface area contributed by atoms with Gasteiger partial charge in [-0.1, -0.05) is 12.1 Å². The first-order chi connectivity index (χ1) is 9.04. The molecule has 19 heavy (non-hydrogen) atoms. The van der Waals surface area contributed by atoms with Gasteiger partial charge in [-0.2, -0.15) is 0 Å². The molecule has 0 saturated carbocycles. The quantitative estimate of drug-likeness (QED) is 0.447. The van der Waals surface area contributed by atoms with E-state index in [1.54, 1.807) is 24.3 Å². The average molecular weight is 264 g/mol. The fraction of sp³-hybridized carbons (Fsp3) is 0.357. The van der Waals surface area contributed by atoms with Crippen molar-refractivity contribution in [1.29, 1.82) is 0 Å². The fourth-order valence-electron chi connectivity index (χ4n) is 1.57. The third kappa shape index (κ3) is 4.91. The minimum absolute atomic E-state index is 0.166. The van der Waals surface area contributed by atoms with Gasteiger partial charge in [0.05, 0.1) is 12.7 Å². The molecule has 0 aliphatic heterocycles. The van der Waals surface area contributed by atoms with Gasteiger partial charge in [-0.3, -0.25) is 14.4 Å². The third-order valence-corrected chi connectivity index (χ3v) is 2.45. The Balaban J connectivity index is 2.66. The normalized spacial score (nSPS) is 9.79. The van der Waals surface area contributed by atoms with E-state index in [2.05, 4.69) is 4.74 Å². The first kappa shape index (κ1) is 14.9. The van der Waals surface area contributed by atoms with Crippen LogP contribution in [0.1, 0.15) is 36.5 Å². The maximum atomic E-state index is 12.0. The van der Waals surface area contributed by atoms with Crippen molar-refractivity contribution in [3.8, 4) is 5.75 Å². The van der Waals surface area contributed by atoms with Crippen molar-refractivity contribution < 1.29 is 23.9 Å². The zero-order valence-electron chi connectivity index (χ0n) is 11.0. The standard InChI is InChI=1S/C14H16O5/c1-10(15)19-13-8-4-3-6-11(13)12(16)7-5-9-14(17)18-2/h3-4,6,8H,5,7,9H2,1-2H3. The monoisotopic (exact) mass is 264 g/mol. The molecule has 1 aromatic rings.